The van der Waals surface area contributed by atoms with Gasteiger partial charge in [0, 0.05) is 24.7 Å². The summed E-state index contributed by atoms with van der Waals surface area (Å²) in [6, 6.07) is 24.9. The number of fused-ring (bicyclic) bond motifs is 1. The molecule has 1 amide bonds. The van der Waals surface area contributed by atoms with Crippen molar-refractivity contribution in [2.45, 2.75) is 25.2 Å². The third-order valence-electron chi connectivity index (χ3n) is 5.72. The summed E-state index contributed by atoms with van der Waals surface area (Å²) < 4.78 is 0. The minimum atomic E-state index is -0.381. The van der Waals surface area contributed by atoms with Crippen LogP contribution in [0.1, 0.15) is 35.8 Å². The molecule has 7 nitrogen and oxygen atoms in total. The van der Waals surface area contributed by atoms with Crippen molar-refractivity contribution >= 4 is 23.0 Å². The summed E-state index contributed by atoms with van der Waals surface area (Å²) in [6.07, 6.45) is -0.147. The summed E-state index contributed by atoms with van der Waals surface area (Å²) in [4.78, 5) is 29.3. The molecule has 1 N–H and O–H groups in total. The minimum Gasteiger partial charge on any atom is -0.326 e. The van der Waals surface area contributed by atoms with Crippen molar-refractivity contribution in [3.8, 4) is 0 Å². The first-order valence-corrected chi connectivity index (χ1v) is 10.1. The highest BCUT2D eigenvalue weighted by Crippen LogP contribution is 2.55. The maximum Gasteiger partial charge on any atom is 0.269 e. The van der Waals surface area contributed by atoms with E-state index < -0.39 is 0 Å². The van der Waals surface area contributed by atoms with Gasteiger partial charge >= 0.3 is 0 Å². The van der Waals surface area contributed by atoms with Gasteiger partial charge in [-0.2, -0.15) is 0 Å². The number of amides is 1. The summed E-state index contributed by atoms with van der Waals surface area (Å²) in [7, 11) is 0. The molecule has 154 valence electrons. The molecule has 5 rings (SSSR count). The topological polar surface area (TPSA) is 87.6 Å². The number of nitrogens with zero attached hydrogens (tertiary/aromatic N) is 3. The molecule has 31 heavy (non-hydrogen) atoms. The molecule has 2 aliphatic heterocycles. The highest BCUT2D eigenvalue weighted by molar-refractivity contribution is 6.08. The highest BCUT2D eigenvalue weighted by atomic mass is 16.6. The van der Waals surface area contributed by atoms with E-state index in [1.54, 1.807) is 12.1 Å². The quantitative estimate of drug-likeness (QED) is 0.380. The molecule has 2 unspecified atom stereocenters. The van der Waals surface area contributed by atoms with Crippen LogP contribution in [0.4, 0.5) is 11.4 Å². The first kappa shape index (κ1) is 19.1. The van der Waals surface area contributed by atoms with Crippen LogP contribution in [0.15, 0.2) is 83.9 Å². The smallest absolute Gasteiger partial charge is 0.269 e. The molecule has 0 aliphatic carbocycles. The van der Waals surface area contributed by atoms with Crippen molar-refractivity contribution in [1.82, 2.24) is 4.90 Å². The fraction of sp³-hybridized carbons (Fsp3) is 0.167. The lowest BCUT2D eigenvalue weighted by Gasteiger charge is -2.15. The molecule has 0 bridgehead atoms. The standard InChI is InChI=1S/C24H20N4O3/c1-15(29)25-19-11-7-18(8-12-19)24-26-21(16-5-3-2-4-6-16)23-22(27(23)24)17-9-13-20(14-10-17)28(30)31/h2-14,22-24H,1H3,(H,25,29)/t22?,23-,24-,27?/m1/s1. The number of hydrogen-bond donors (Lipinski definition) is 1. The van der Waals surface area contributed by atoms with Crippen LogP contribution in [0.3, 0.4) is 0 Å². The lowest BCUT2D eigenvalue weighted by molar-refractivity contribution is -0.384. The zero-order chi connectivity index (χ0) is 21.5. The van der Waals surface area contributed by atoms with Crippen molar-refractivity contribution < 1.29 is 9.72 Å². The average Bonchev–Trinajstić information content (AvgIpc) is 3.38. The van der Waals surface area contributed by atoms with E-state index in [4.69, 9.17) is 4.99 Å². The van der Waals surface area contributed by atoms with Crippen molar-refractivity contribution in [1.29, 1.82) is 0 Å². The first-order valence-electron chi connectivity index (χ1n) is 10.1. The van der Waals surface area contributed by atoms with E-state index in [9.17, 15) is 14.9 Å². The molecule has 1 saturated heterocycles. The van der Waals surface area contributed by atoms with Gasteiger partial charge in [-0.1, -0.05) is 54.6 Å². The molecule has 2 heterocycles. The lowest BCUT2D eigenvalue weighted by atomic mass is 10.0. The molecule has 2 aliphatic rings. The molecule has 4 atom stereocenters. The summed E-state index contributed by atoms with van der Waals surface area (Å²) in [5.41, 5.74) is 5.02. The van der Waals surface area contributed by atoms with Gasteiger partial charge in [0.1, 0.15) is 6.17 Å². The monoisotopic (exact) mass is 412 g/mol. The van der Waals surface area contributed by atoms with E-state index in [1.807, 2.05) is 54.6 Å². The average molecular weight is 412 g/mol. The Morgan fingerprint density at radius 2 is 1.58 bits per heavy atom. The Morgan fingerprint density at radius 3 is 2.19 bits per heavy atom. The van der Waals surface area contributed by atoms with E-state index in [-0.39, 0.29) is 34.8 Å². The van der Waals surface area contributed by atoms with Crippen LogP contribution in [0.2, 0.25) is 0 Å². The highest BCUT2D eigenvalue weighted by Gasteiger charge is 2.59. The van der Waals surface area contributed by atoms with Gasteiger partial charge in [-0.15, -0.1) is 0 Å². The Hall–Kier alpha value is -3.84. The number of carbonyl (C=O) groups excluding carboxylic acids is 1. The molecule has 0 saturated carbocycles. The van der Waals surface area contributed by atoms with Crippen molar-refractivity contribution in [3.05, 3.63) is 106 Å². The number of non-ortho nitro benzene ring substituents is 1. The van der Waals surface area contributed by atoms with E-state index in [1.165, 1.54) is 6.92 Å². The van der Waals surface area contributed by atoms with Gasteiger partial charge < -0.3 is 5.32 Å². The zero-order valence-electron chi connectivity index (χ0n) is 16.8. The van der Waals surface area contributed by atoms with Crippen LogP contribution in [-0.4, -0.2) is 27.5 Å². The fourth-order valence-corrected chi connectivity index (χ4v) is 4.31. The second-order valence-corrected chi connectivity index (χ2v) is 7.74. The summed E-state index contributed by atoms with van der Waals surface area (Å²) in [6.45, 7) is 1.48. The van der Waals surface area contributed by atoms with Gasteiger partial charge in [0.25, 0.3) is 5.69 Å². The molecule has 0 radical (unpaired) electrons. The van der Waals surface area contributed by atoms with Gasteiger partial charge in [-0.25, -0.2) is 0 Å². The predicted octanol–water partition coefficient (Wildman–Crippen LogP) is 4.48. The minimum absolute atomic E-state index is 0.0895. The van der Waals surface area contributed by atoms with Crippen molar-refractivity contribution in [2.75, 3.05) is 5.32 Å². The number of benzene rings is 3. The second kappa shape index (κ2) is 7.45. The van der Waals surface area contributed by atoms with Gasteiger partial charge in [0.15, 0.2) is 0 Å². The van der Waals surface area contributed by atoms with E-state index in [2.05, 4.69) is 22.3 Å². The van der Waals surface area contributed by atoms with Crippen LogP contribution in [0.5, 0.6) is 0 Å². The fourth-order valence-electron chi connectivity index (χ4n) is 4.31. The zero-order valence-corrected chi connectivity index (χ0v) is 16.8. The Kier molecular flexibility index (Phi) is 4.60. The molecule has 3 aromatic carbocycles. The normalized spacial score (nSPS) is 23.6. The van der Waals surface area contributed by atoms with Crippen LogP contribution >= 0.6 is 0 Å². The Labute approximate surface area is 179 Å². The van der Waals surface area contributed by atoms with Crippen molar-refractivity contribution in [3.63, 3.8) is 0 Å². The van der Waals surface area contributed by atoms with Crippen LogP contribution in [-0.2, 0) is 4.79 Å². The first-order chi connectivity index (χ1) is 15.0. The lowest BCUT2D eigenvalue weighted by Crippen LogP contribution is -2.09. The van der Waals surface area contributed by atoms with Gasteiger partial charge in [0.2, 0.25) is 5.91 Å². The van der Waals surface area contributed by atoms with Gasteiger partial charge in [-0.3, -0.25) is 24.8 Å². The summed E-state index contributed by atoms with van der Waals surface area (Å²) >= 11 is 0. The summed E-state index contributed by atoms with van der Waals surface area (Å²) in [5.74, 6) is -0.109. The predicted molar refractivity (Wildman–Crippen MR) is 118 cm³/mol. The summed E-state index contributed by atoms with van der Waals surface area (Å²) in [5, 5.41) is 13.8. The number of rotatable bonds is 5. The third kappa shape index (κ3) is 3.49. The maximum atomic E-state index is 11.3. The van der Waals surface area contributed by atoms with Crippen LogP contribution in [0.25, 0.3) is 0 Å². The van der Waals surface area contributed by atoms with Gasteiger partial charge in [0.05, 0.1) is 22.7 Å². The number of nitro benzene ring substituents is 1. The maximum absolute atomic E-state index is 11.3. The Morgan fingerprint density at radius 1 is 0.935 bits per heavy atom. The van der Waals surface area contributed by atoms with Crippen LogP contribution in [0, 0.1) is 10.1 Å². The Bertz CT molecular complexity index is 1170. The largest absolute Gasteiger partial charge is 0.326 e. The molecule has 7 heteroatoms. The van der Waals surface area contributed by atoms with E-state index >= 15 is 0 Å². The van der Waals surface area contributed by atoms with Crippen LogP contribution < -0.4 is 5.32 Å². The van der Waals surface area contributed by atoms with E-state index in [0.29, 0.717) is 0 Å². The second-order valence-electron chi connectivity index (χ2n) is 7.74. The SMILES string of the molecule is CC(=O)Nc1ccc([C@@H]2N=C(c3ccccc3)[C@@H]3C(c4ccc([N+](=O)[O-])cc4)N32)cc1. The molecular formula is C24H20N4O3. The number of hydrogen-bond acceptors (Lipinski definition) is 5. The number of nitro groups is 1. The molecule has 0 aromatic heterocycles. The van der Waals surface area contributed by atoms with E-state index in [0.717, 1.165) is 28.1 Å². The molecule has 0 spiro atoms. The Balaban J connectivity index is 1.48. The molecular weight excluding hydrogens is 392 g/mol. The van der Waals surface area contributed by atoms with Crippen molar-refractivity contribution in [2.24, 2.45) is 4.99 Å². The molecule has 1 fully saturated rings. The number of carbonyl (C=O) groups is 1. The third-order valence-corrected chi connectivity index (χ3v) is 5.72. The number of aliphatic imine (C=N–C) groups is 1. The number of nitrogens with one attached hydrogen (secondary N) is 1. The van der Waals surface area contributed by atoms with Gasteiger partial charge in [-0.05, 0) is 28.8 Å². The molecule has 3 aromatic rings. The number of anilines is 1.